The van der Waals surface area contributed by atoms with E-state index >= 15 is 4.79 Å². The molecule has 0 bridgehead atoms. The van der Waals surface area contributed by atoms with Crippen LogP contribution in [0.4, 0.5) is 11.4 Å². The third-order valence-corrected chi connectivity index (χ3v) is 12.5. The number of halogens is 3. The van der Waals surface area contributed by atoms with Crippen molar-refractivity contribution in [2.45, 2.75) is 24.2 Å². The van der Waals surface area contributed by atoms with E-state index in [2.05, 4.69) is 28.0 Å². The maximum absolute atomic E-state index is 15.4. The van der Waals surface area contributed by atoms with E-state index in [-0.39, 0.29) is 36.5 Å². The van der Waals surface area contributed by atoms with Crippen molar-refractivity contribution >= 4 is 80.8 Å². The summed E-state index contributed by atoms with van der Waals surface area (Å²) in [4.78, 5) is 60.2. The molecule has 2 N–H and O–H groups in total. The van der Waals surface area contributed by atoms with E-state index in [0.29, 0.717) is 39.9 Å². The van der Waals surface area contributed by atoms with E-state index in [1.165, 1.54) is 11.0 Å². The number of hydrazine groups is 1. The molecule has 2 aliphatic heterocycles. The highest BCUT2D eigenvalue weighted by Crippen LogP contribution is 2.64. The molecule has 2 aliphatic carbocycles. The molecule has 4 aliphatic rings. The van der Waals surface area contributed by atoms with Crippen LogP contribution < -0.4 is 19.8 Å². The lowest BCUT2D eigenvalue weighted by Gasteiger charge is -2.50. The van der Waals surface area contributed by atoms with Crippen LogP contribution in [0.3, 0.4) is 0 Å². The molecule has 4 amide bonds. The smallest absolute Gasteiger partial charge is 0.260 e. The Morgan fingerprint density at radius 1 is 0.870 bits per heavy atom. The molecule has 4 aromatic carbocycles. The van der Waals surface area contributed by atoms with Crippen molar-refractivity contribution in [1.29, 1.82) is 0 Å². The number of fused-ring (bicyclic) bond motifs is 4. The summed E-state index contributed by atoms with van der Waals surface area (Å²) in [5, 5.41) is 11.0. The van der Waals surface area contributed by atoms with Gasteiger partial charge in [0.15, 0.2) is 0 Å². The summed E-state index contributed by atoms with van der Waals surface area (Å²) in [7, 11) is 1.55. The Morgan fingerprint density at radius 2 is 1.57 bits per heavy atom. The number of aliphatic hydroxyl groups is 1. The maximum atomic E-state index is 15.4. The zero-order chi connectivity index (χ0) is 37.9. The summed E-state index contributed by atoms with van der Waals surface area (Å²) < 4.78 is 12.1. The van der Waals surface area contributed by atoms with Crippen molar-refractivity contribution < 1.29 is 33.8 Å². The first-order valence-corrected chi connectivity index (χ1v) is 19.3. The van der Waals surface area contributed by atoms with E-state index in [4.69, 9.17) is 32.7 Å². The number of methoxy groups -OCH3 is 1. The van der Waals surface area contributed by atoms with Crippen molar-refractivity contribution in [3.05, 3.63) is 127 Å². The molecular weight excluding hydrogens is 844 g/mol. The van der Waals surface area contributed by atoms with E-state index in [1.807, 2.05) is 42.5 Å². The minimum atomic E-state index is -1.49. The number of amides is 4. The molecule has 10 nitrogen and oxygen atoms in total. The van der Waals surface area contributed by atoms with Crippen LogP contribution >= 0.6 is 45.8 Å². The lowest BCUT2D eigenvalue weighted by molar-refractivity contribution is -0.138. The van der Waals surface area contributed by atoms with Crippen LogP contribution in [0.15, 0.2) is 103 Å². The predicted molar refractivity (Wildman–Crippen MR) is 211 cm³/mol. The standard InChI is InChI=1S/C41H34Cl2IN3O7/c1-53-27-13-4-23(5-14-27)41-32(38(50)47(40(41)52)45-34-17-6-24(42)20-33(34)43)21-31-29(36(41)22-2-11-28(12-3-22)54-19-18-48)15-16-30-35(31)39(51)46(37(30)49)26-9-7-25(44)8-10-26/h2-15,17,20,30-32,35-36,45,48H,16,18-19,21H2,1H3. The first-order chi connectivity index (χ1) is 26.1. The molecule has 3 fully saturated rings. The van der Waals surface area contributed by atoms with Crippen LogP contribution in [-0.4, -0.2) is 54.1 Å². The van der Waals surface area contributed by atoms with Crippen LogP contribution in [0.25, 0.3) is 0 Å². The molecule has 13 heteroatoms. The minimum absolute atomic E-state index is 0.102. The molecule has 4 aromatic rings. The van der Waals surface area contributed by atoms with Gasteiger partial charge in [-0.25, -0.2) is 0 Å². The molecule has 276 valence electrons. The Balaban J connectivity index is 1.31. The number of hydrogen-bond donors (Lipinski definition) is 2. The second-order valence-electron chi connectivity index (χ2n) is 13.8. The lowest BCUT2D eigenvalue weighted by atomic mass is 9.49. The highest BCUT2D eigenvalue weighted by atomic mass is 127. The molecule has 2 saturated heterocycles. The first kappa shape index (κ1) is 36.5. The van der Waals surface area contributed by atoms with Gasteiger partial charge in [-0.05, 0) is 119 Å². The predicted octanol–water partition coefficient (Wildman–Crippen LogP) is 7.17. The molecule has 2 heterocycles. The first-order valence-electron chi connectivity index (χ1n) is 17.5. The molecule has 6 unspecified atom stereocenters. The number of benzene rings is 4. The largest absolute Gasteiger partial charge is 0.497 e. The molecule has 6 atom stereocenters. The van der Waals surface area contributed by atoms with Gasteiger partial charge in [0.25, 0.3) is 11.8 Å². The van der Waals surface area contributed by atoms with Crippen LogP contribution in [0.5, 0.6) is 11.5 Å². The topological polar surface area (TPSA) is 125 Å². The molecule has 1 saturated carbocycles. The SMILES string of the molecule is COc1ccc(C23C(=O)N(Nc4ccc(Cl)cc4Cl)C(=O)C2CC2C(=CCC4C(=O)N(c5ccc(I)cc5)C(=O)C42)C3c2ccc(OCCO)cc2)cc1. The quantitative estimate of drug-likeness (QED) is 0.103. The minimum Gasteiger partial charge on any atom is -0.497 e. The average Bonchev–Trinajstić information content (AvgIpc) is 3.56. The number of imide groups is 2. The maximum Gasteiger partial charge on any atom is 0.260 e. The number of carbonyl (C=O) groups excluding carboxylic acids is 4. The number of rotatable bonds is 9. The van der Waals surface area contributed by atoms with Crippen molar-refractivity contribution in [2.75, 3.05) is 30.6 Å². The summed E-state index contributed by atoms with van der Waals surface area (Å²) in [5.74, 6) is -4.05. The Hall–Kier alpha value is -4.43. The highest BCUT2D eigenvalue weighted by molar-refractivity contribution is 14.1. The van der Waals surface area contributed by atoms with Gasteiger partial charge in [-0.15, -0.1) is 0 Å². The van der Waals surface area contributed by atoms with Gasteiger partial charge in [-0.1, -0.05) is 59.1 Å². The van der Waals surface area contributed by atoms with Crippen molar-refractivity contribution in [3.63, 3.8) is 0 Å². The average molecular weight is 879 g/mol. The number of carbonyl (C=O) groups is 4. The molecular formula is C41H34Cl2IN3O7. The fraction of sp³-hybridized carbons (Fsp3) is 0.268. The summed E-state index contributed by atoms with van der Waals surface area (Å²) in [6.45, 7) is -0.0577. The van der Waals surface area contributed by atoms with Crippen LogP contribution in [-0.2, 0) is 24.6 Å². The zero-order valence-electron chi connectivity index (χ0n) is 28.9. The fourth-order valence-electron chi connectivity index (χ4n) is 8.98. The van der Waals surface area contributed by atoms with Crippen molar-refractivity contribution in [1.82, 2.24) is 5.01 Å². The molecule has 0 aromatic heterocycles. The van der Waals surface area contributed by atoms with Crippen molar-refractivity contribution in [2.24, 2.45) is 23.7 Å². The van der Waals surface area contributed by atoms with Gasteiger partial charge in [0.1, 0.15) is 18.1 Å². The Labute approximate surface area is 335 Å². The van der Waals surface area contributed by atoms with E-state index < -0.39 is 46.8 Å². The van der Waals surface area contributed by atoms with Gasteiger partial charge in [0, 0.05) is 14.5 Å². The number of ether oxygens (including phenoxy) is 2. The summed E-state index contributed by atoms with van der Waals surface area (Å²) in [6.07, 6.45) is 2.45. The second-order valence-corrected chi connectivity index (χ2v) is 15.9. The highest BCUT2D eigenvalue weighted by Gasteiger charge is 2.70. The Morgan fingerprint density at radius 3 is 2.24 bits per heavy atom. The number of nitrogens with one attached hydrogen (secondary N) is 1. The van der Waals surface area contributed by atoms with Gasteiger partial charge in [-0.3, -0.25) is 29.5 Å². The summed E-state index contributed by atoms with van der Waals surface area (Å²) >= 11 is 14.9. The number of anilines is 2. The van der Waals surface area contributed by atoms with E-state index in [0.717, 1.165) is 19.7 Å². The molecule has 54 heavy (non-hydrogen) atoms. The number of hydrogen-bond acceptors (Lipinski definition) is 8. The summed E-state index contributed by atoms with van der Waals surface area (Å²) in [5.41, 5.74) is 4.49. The molecule has 0 spiro atoms. The van der Waals surface area contributed by atoms with E-state index in [1.54, 1.807) is 55.6 Å². The third-order valence-electron chi connectivity index (χ3n) is 11.2. The zero-order valence-corrected chi connectivity index (χ0v) is 32.5. The molecule has 0 radical (unpaired) electrons. The Bertz CT molecular complexity index is 2200. The fourth-order valence-corrected chi connectivity index (χ4v) is 9.79. The van der Waals surface area contributed by atoms with Gasteiger partial charge in [0.05, 0.1) is 53.3 Å². The van der Waals surface area contributed by atoms with Crippen LogP contribution in [0, 0.1) is 27.2 Å². The number of nitrogens with zero attached hydrogens (tertiary/aromatic N) is 2. The van der Waals surface area contributed by atoms with Gasteiger partial charge < -0.3 is 14.6 Å². The Kier molecular flexibility index (Phi) is 9.70. The van der Waals surface area contributed by atoms with Crippen LogP contribution in [0.2, 0.25) is 10.0 Å². The molecule has 8 rings (SSSR count). The number of allylic oxidation sites excluding steroid dienone is 2. The number of aliphatic hydroxyl groups excluding tert-OH is 1. The van der Waals surface area contributed by atoms with Crippen molar-refractivity contribution in [3.8, 4) is 11.5 Å². The summed E-state index contributed by atoms with van der Waals surface area (Å²) in [6, 6.07) is 26.4. The van der Waals surface area contributed by atoms with Gasteiger partial charge in [0.2, 0.25) is 11.8 Å². The second kappa shape index (κ2) is 14.3. The van der Waals surface area contributed by atoms with Gasteiger partial charge >= 0.3 is 0 Å². The third kappa shape index (κ3) is 5.78. The normalized spacial score (nSPS) is 25.9. The lowest BCUT2D eigenvalue weighted by Crippen LogP contribution is -2.53. The van der Waals surface area contributed by atoms with E-state index in [9.17, 15) is 19.5 Å². The van der Waals surface area contributed by atoms with Gasteiger partial charge in [-0.2, -0.15) is 5.01 Å². The van der Waals surface area contributed by atoms with Crippen LogP contribution in [0.1, 0.15) is 29.9 Å². The monoisotopic (exact) mass is 877 g/mol.